The zero-order chi connectivity index (χ0) is 22.5. The van der Waals surface area contributed by atoms with Gasteiger partial charge in [-0.25, -0.2) is 4.99 Å². The van der Waals surface area contributed by atoms with Gasteiger partial charge in [-0.2, -0.15) is 4.99 Å². The molecule has 0 radical (unpaired) electrons. The minimum Gasteiger partial charge on any atom is -0.548 e. The number of nitrogens with two attached hydrogens (primary N) is 1. The monoisotopic (exact) mass is 447 g/mol. The Labute approximate surface area is 206 Å². The topological polar surface area (TPSA) is 166 Å². The number of aliphatic imine (C=N–C) groups is 2. The number of aryl methyl sites for hydroxylation is 1. The van der Waals surface area contributed by atoms with Crippen LogP contribution < -0.4 is 51.0 Å². The second-order valence-electron chi connectivity index (χ2n) is 7.39. The number of nitrogens with one attached hydrogen (secondary N) is 2. The number of hydrogen-bond acceptors (Lipinski definition) is 8. The summed E-state index contributed by atoms with van der Waals surface area (Å²) in [6.07, 6.45) is 2.83. The van der Waals surface area contributed by atoms with E-state index in [0.717, 1.165) is 11.1 Å². The number of benzene rings is 1. The summed E-state index contributed by atoms with van der Waals surface area (Å²) in [5.41, 5.74) is 7.58. The molecular weight excluding hydrogens is 425 g/mol. The first kappa shape index (κ1) is 25.4. The SMILES string of the molecule is CC(=O)CC[C@H](NC(=O)c1ccc(CCC2=CN=C3N=C(N)NC(=O)C23)cc1)C(=O)[O-].[Na+]. The van der Waals surface area contributed by atoms with E-state index in [4.69, 9.17) is 5.73 Å². The van der Waals surface area contributed by atoms with E-state index in [0.29, 0.717) is 24.2 Å². The van der Waals surface area contributed by atoms with Crippen LogP contribution in [0.1, 0.15) is 42.1 Å². The number of nitrogens with zero attached hydrogens (tertiary/aromatic N) is 2. The van der Waals surface area contributed by atoms with Crippen LogP contribution in [0.25, 0.3) is 0 Å². The number of aliphatic carboxylic acids is 1. The molecule has 0 bridgehead atoms. The van der Waals surface area contributed by atoms with Gasteiger partial charge in [0.2, 0.25) is 11.9 Å². The fraction of sp³-hybridized carbons (Fsp3) is 0.333. The van der Waals surface area contributed by atoms with E-state index < -0.39 is 23.8 Å². The van der Waals surface area contributed by atoms with Crippen molar-refractivity contribution in [2.75, 3.05) is 0 Å². The summed E-state index contributed by atoms with van der Waals surface area (Å²) >= 11 is 0. The molecule has 1 aromatic carbocycles. The second-order valence-corrected chi connectivity index (χ2v) is 7.39. The zero-order valence-electron chi connectivity index (χ0n) is 17.9. The number of amides is 2. The first-order valence-corrected chi connectivity index (χ1v) is 9.76. The minimum absolute atomic E-state index is 0. The third kappa shape index (κ3) is 6.35. The number of ketones is 1. The minimum atomic E-state index is -1.43. The van der Waals surface area contributed by atoms with Crippen LogP contribution in [0.2, 0.25) is 0 Å². The molecule has 2 atom stereocenters. The van der Waals surface area contributed by atoms with Crippen LogP contribution in [0.4, 0.5) is 0 Å². The Morgan fingerprint density at radius 1 is 1.22 bits per heavy atom. The molecule has 32 heavy (non-hydrogen) atoms. The molecule has 11 heteroatoms. The van der Waals surface area contributed by atoms with E-state index in [2.05, 4.69) is 20.6 Å². The molecule has 2 aliphatic heterocycles. The van der Waals surface area contributed by atoms with E-state index in [1.807, 2.05) is 0 Å². The number of carboxylic acid groups (broad SMARTS) is 1. The Balaban J connectivity index is 0.00000363. The third-order valence-corrected chi connectivity index (χ3v) is 5.03. The average Bonchev–Trinajstić information content (AvgIpc) is 3.12. The van der Waals surface area contributed by atoms with E-state index in [-0.39, 0.29) is 60.0 Å². The van der Waals surface area contributed by atoms with Gasteiger partial charge in [0.25, 0.3) is 5.91 Å². The molecule has 0 fully saturated rings. The van der Waals surface area contributed by atoms with Crippen molar-refractivity contribution in [3.8, 4) is 0 Å². The Morgan fingerprint density at radius 2 is 1.91 bits per heavy atom. The van der Waals surface area contributed by atoms with E-state index in [1.165, 1.54) is 6.92 Å². The average molecular weight is 447 g/mol. The van der Waals surface area contributed by atoms with Gasteiger partial charge in [0.15, 0.2) is 0 Å². The molecule has 2 amide bonds. The van der Waals surface area contributed by atoms with E-state index >= 15 is 0 Å². The predicted molar refractivity (Wildman–Crippen MR) is 110 cm³/mol. The first-order chi connectivity index (χ1) is 14.7. The molecule has 0 saturated carbocycles. The number of Topliss-reactive ketones (excluding diaryl/α,β-unsaturated/α-hetero) is 1. The van der Waals surface area contributed by atoms with Crippen molar-refractivity contribution in [3.63, 3.8) is 0 Å². The maximum absolute atomic E-state index is 12.3. The van der Waals surface area contributed by atoms with Gasteiger partial charge in [-0.15, -0.1) is 0 Å². The third-order valence-electron chi connectivity index (χ3n) is 5.03. The van der Waals surface area contributed by atoms with Gasteiger partial charge in [-0.05, 0) is 49.5 Å². The Morgan fingerprint density at radius 3 is 2.53 bits per heavy atom. The van der Waals surface area contributed by atoms with Crippen molar-refractivity contribution in [1.82, 2.24) is 10.6 Å². The van der Waals surface area contributed by atoms with E-state index in [9.17, 15) is 24.3 Å². The van der Waals surface area contributed by atoms with Crippen LogP contribution in [0.15, 0.2) is 46.0 Å². The molecule has 162 valence electrons. The molecule has 3 rings (SSSR count). The Kier molecular flexibility index (Phi) is 8.88. The summed E-state index contributed by atoms with van der Waals surface area (Å²) in [7, 11) is 0. The smallest absolute Gasteiger partial charge is 0.548 e. The first-order valence-electron chi connectivity index (χ1n) is 9.76. The quantitative estimate of drug-likeness (QED) is 0.328. The van der Waals surface area contributed by atoms with Crippen molar-refractivity contribution in [2.24, 2.45) is 21.6 Å². The maximum Gasteiger partial charge on any atom is 1.00 e. The Hall–Kier alpha value is -2.82. The van der Waals surface area contributed by atoms with Gasteiger partial charge < -0.3 is 25.7 Å². The molecule has 0 aliphatic carbocycles. The van der Waals surface area contributed by atoms with Crippen LogP contribution >= 0.6 is 0 Å². The molecule has 1 unspecified atom stereocenters. The molecule has 1 aromatic rings. The van der Waals surface area contributed by atoms with Crippen LogP contribution in [-0.2, 0) is 20.8 Å². The van der Waals surface area contributed by atoms with Crippen LogP contribution in [-0.4, -0.2) is 41.4 Å². The molecule has 2 aliphatic rings. The largest absolute Gasteiger partial charge is 1.00 e. The summed E-state index contributed by atoms with van der Waals surface area (Å²) in [4.78, 5) is 54.9. The number of fused-ring (bicyclic) bond motifs is 1. The maximum atomic E-state index is 12.3. The number of rotatable bonds is 9. The number of carboxylic acids is 1. The zero-order valence-corrected chi connectivity index (χ0v) is 19.9. The second kappa shape index (κ2) is 11.2. The molecule has 0 saturated heterocycles. The number of guanidine groups is 1. The summed E-state index contributed by atoms with van der Waals surface area (Å²) in [5.74, 6) is -2.53. The number of carbonyl (C=O) groups excluding carboxylic acids is 4. The van der Waals surface area contributed by atoms with Crippen molar-refractivity contribution < 1.29 is 53.8 Å². The van der Waals surface area contributed by atoms with Gasteiger partial charge in [-0.1, -0.05) is 12.1 Å². The summed E-state index contributed by atoms with van der Waals surface area (Å²) in [6, 6.07) is 5.45. The van der Waals surface area contributed by atoms with Crippen molar-refractivity contribution >= 4 is 35.4 Å². The van der Waals surface area contributed by atoms with Crippen LogP contribution in [0.5, 0.6) is 0 Å². The molecule has 2 heterocycles. The number of hydrogen-bond donors (Lipinski definition) is 3. The molecule has 10 nitrogen and oxygen atoms in total. The fourth-order valence-corrected chi connectivity index (χ4v) is 3.35. The standard InChI is InChI=1S/C21H23N5O5.Na/c1-11(27)2-9-15(20(30)31)24-18(28)13-6-3-12(4-7-13)5-8-14-10-23-17-16(14)19(29)26-21(22)25-17;/h3-4,6-7,10,15-16H,2,5,8-9H2,1H3,(H,24,28)(H,30,31)(H3,22,23,25,26,29);/q;+1/p-1/t15-,16?;/m0./s1. The predicted octanol–water partition coefficient (Wildman–Crippen LogP) is -3.80. The number of carbonyl (C=O) groups is 4. The Bertz CT molecular complexity index is 1020. The molecule has 4 N–H and O–H groups in total. The van der Waals surface area contributed by atoms with Gasteiger partial charge in [0, 0.05) is 18.2 Å². The van der Waals surface area contributed by atoms with E-state index in [1.54, 1.807) is 30.5 Å². The molecule has 0 spiro atoms. The fourth-order valence-electron chi connectivity index (χ4n) is 3.35. The van der Waals surface area contributed by atoms with Gasteiger partial charge in [-0.3, -0.25) is 14.9 Å². The molecular formula is C21H22N5NaO5. The summed E-state index contributed by atoms with van der Waals surface area (Å²) < 4.78 is 0. The van der Waals surface area contributed by atoms with Crippen LogP contribution in [0, 0.1) is 5.92 Å². The van der Waals surface area contributed by atoms with Gasteiger partial charge in [0.05, 0.1) is 12.0 Å². The summed E-state index contributed by atoms with van der Waals surface area (Å²) in [5, 5.41) is 16.1. The van der Waals surface area contributed by atoms with Crippen molar-refractivity contribution in [2.45, 2.75) is 38.6 Å². The number of amidine groups is 1. The van der Waals surface area contributed by atoms with Gasteiger partial charge in [0.1, 0.15) is 17.5 Å². The van der Waals surface area contributed by atoms with Crippen LogP contribution in [0.3, 0.4) is 0 Å². The van der Waals surface area contributed by atoms with Crippen molar-refractivity contribution in [1.29, 1.82) is 0 Å². The summed E-state index contributed by atoms with van der Waals surface area (Å²) in [6.45, 7) is 1.35. The molecule has 0 aromatic heterocycles. The van der Waals surface area contributed by atoms with Crippen molar-refractivity contribution in [3.05, 3.63) is 47.2 Å². The van der Waals surface area contributed by atoms with Gasteiger partial charge >= 0.3 is 29.6 Å². The normalized spacial score (nSPS) is 17.6.